The molecule has 0 spiro atoms. The third kappa shape index (κ3) is 2.33. The van der Waals surface area contributed by atoms with Gasteiger partial charge in [0.25, 0.3) is 0 Å². The van der Waals surface area contributed by atoms with Gasteiger partial charge in [0.2, 0.25) is 5.91 Å². The molecule has 1 amide bonds. The fourth-order valence-electron chi connectivity index (χ4n) is 2.30. The number of fused-ring (bicyclic) bond motifs is 1. The van der Waals surface area contributed by atoms with Crippen molar-refractivity contribution in [3.63, 3.8) is 0 Å². The van der Waals surface area contributed by atoms with Crippen LogP contribution in [-0.4, -0.2) is 27.7 Å². The molecule has 1 aliphatic heterocycles. The number of nitrogens with zero attached hydrogens (tertiary/aromatic N) is 1. The highest BCUT2D eigenvalue weighted by Gasteiger charge is 2.37. The van der Waals surface area contributed by atoms with E-state index < -0.39 is 16.0 Å². The Morgan fingerprint density at radius 2 is 2.20 bits per heavy atom. The maximum absolute atomic E-state index is 12.4. The first kappa shape index (κ1) is 14.7. The first-order valence-electron chi connectivity index (χ1n) is 6.49. The Morgan fingerprint density at radius 1 is 1.50 bits per heavy atom. The van der Waals surface area contributed by atoms with E-state index >= 15 is 0 Å². The van der Waals surface area contributed by atoms with Crippen LogP contribution in [0.3, 0.4) is 0 Å². The Labute approximate surface area is 120 Å². The molecule has 2 unspecified atom stereocenters. The number of carbonyl (C=O) groups excluding carboxylic acids is 2. The van der Waals surface area contributed by atoms with Crippen molar-refractivity contribution in [1.82, 2.24) is 0 Å². The molecule has 0 saturated heterocycles. The third-order valence-corrected chi connectivity index (χ3v) is 5.19. The Bertz CT molecular complexity index is 609. The maximum atomic E-state index is 12.4. The summed E-state index contributed by atoms with van der Waals surface area (Å²) in [6.07, 6.45) is 2.15. The van der Waals surface area contributed by atoms with Crippen molar-refractivity contribution in [2.75, 3.05) is 11.4 Å². The van der Waals surface area contributed by atoms with Gasteiger partial charge in [-0.3, -0.25) is 13.8 Å². The van der Waals surface area contributed by atoms with Gasteiger partial charge in [0, 0.05) is 12.1 Å². The molecule has 0 fully saturated rings. The molecule has 2 rings (SSSR count). The van der Waals surface area contributed by atoms with Crippen LogP contribution in [0.1, 0.15) is 30.6 Å². The van der Waals surface area contributed by atoms with E-state index in [1.807, 2.05) is 6.92 Å². The summed E-state index contributed by atoms with van der Waals surface area (Å²) in [6.45, 7) is 7.32. The zero-order chi connectivity index (χ0) is 14.9. The molecule has 2 atom stereocenters. The van der Waals surface area contributed by atoms with Crippen molar-refractivity contribution in [3.8, 4) is 0 Å². The molecule has 0 aliphatic carbocycles. The number of hydrogen-bond acceptors (Lipinski definition) is 3. The van der Waals surface area contributed by atoms with Crippen molar-refractivity contribution in [2.45, 2.75) is 30.4 Å². The largest absolute Gasteiger partial charge is 0.306 e. The fourth-order valence-corrected chi connectivity index (χ4v) is 3.80. The standard InChI is InChI=1S/C15H17NO3S/c1-4-8-16-12-9-11(10(3)17)6-7-14(12)20(19)13(5-2)15(16)18/h4,6-7,9,13H,1,5,8H2,2-3H3. The zero-order valence-corrected chi connectivity index (χ0v) is 12.4. The number of amides is 1. The summed E-state index contributed by atoms with van der Waals surface area (Å²) in [7, 11) is -1.37. The molecule has 1 aliphatic rings. The van der Waals surface area contributed by atoms with Crippen LogP contribution in [-0.2, 0) is 15.6 Å². The van der Waals surface area contributed by atoms with Crippen molar-refractivity contribution >= 4 is 28.2 Å². The second-order valence-corrected chi connectivity index (χ2v) is 6.27. The van der Waals surface area contributed by atoms with Gasteiger partial charge in [0.1, 0.15) is 5.25 Å². The van der Waals surface area contributed by atoms with Gasteiger partial charge < -0.3 is 4.90 Å². The van der Waals surface area contributed by atoms with Crippen molar-refractivity contribution < 1.29 is 13.8 Å². The van der Waals surface area contributed by atoms with E-state index in [-0.39, 0.29) is 11.7 Å². The SMILES string of the molecule is C=CCN1C(=O)C(CC)S(=O)c2ccc(C(C)=O)cc21. The van der Waals surface area contributed by atoms with Gasteiger partial charge in [0.15, 0.2) is 5.78 Å². The molecule has 20 heavy (non-hydrogen) atoms. The molecule has 0 saturated carbocycles. The molecular formula is C15H17NO3S. The molecular weight excluding hydrogens is 274 g/mol. The van der Waals surface area contributed by atoms with Gasteiger partial charge in [-0.1, -0.05) is 19.1 Å². The van der Waals surface area contributed by atoms with Crippen LogP contribution in [0.5, 0.6) is 0 Å². The van der Waals surface area contributed by atoms with Crippen molar-refractivity contribution in [1.29, 1.82) is 0 Å². The predicted molar refractivity (Wildman–Crippen MR) is 79.5 cm³/mol. The third-order valence-electron chi connectivity index (χ3n) is 3.36. The van der Waals surface area contributed by atoms with Crippen molar-refractivity contribution in [3.05, 3.63) is 36.4 Å². The monoisotopic (exact) mass is 291 g/mol. The summed E-state index contributed by atoms with van der Waals surface area (Å²) in [5, 5.41) is -0.523. The van der Waals surface area contributed by atoms with Gasteiger partial charge in [-0.15, -0.1) is 6.58 Å². The number of rotatable bonds is 4. The smallest absolute Gasteiger partial charge is 0.243 e. The lowest BCUT2D eigenvalue weighted by Crippen LogP contribution is -2.45. The van der Waals surface area contributed by atoms with E-state index in [9.17, 15) is 13.8 Å². The van der Waals surface area contributed by atoms with Crippen LogP contribution < -0.4 is 4.90 Å². The molecule has 4 nitrogen and oxygen atoms in total. The maximum Gasteiger partial charge on any atom is 0.243 e. The molecule has 0 N–H and O–H groups in total. The normalized spacial score (nSPS) is 21.5. The van der Waals surface area contributed by atoms with E-state index in [0.29, 0.717) is 29.1 Å². The first-order valence-corrected chi connectivity index (χ1v) is 7.70. The molecule has 1 heterocycles. The molecule has 1 aromatic rings. The van der Waals surface area contributed by atoms with E-state index in [0.717, 1.165) is 0 Å². The lowest BCUT2D eigenvalue weighted by Gasteiger charge is -2.32. The number of benzene rings is 1. The zero-order valence-electron chi connectivity index (χ0n) is 11.6. The van der Waals surface area contributed by atoms with Crippen LogP contribution in [0.4, 0.5) is 5.69 Å². The summed E-state index contributed by atoms with van der Waals surface area (Å²) < 4.78 is 12.4. The quantitative estimate of drug-likeness (QED) is 0.632. The lowest BCUT2D eigenvalue weighted by atomic mass is 10.1. The molecule has 0 radical (unpaired) electrons. The average molecular weight is 291 g/mol. The van der Waals surface area contributed by atoms with Crippen LogP contribution in [0.15, 0.2) is 35.7 Å². The highest BCUT2D eigenvalue weighted by molar-refractivity contribution is 7.86. The van der Waals surface area contributed by atoms with E-state index in [1.54, 1.807) is 29.2 Å². The molecule has 5 heteroatoms. The highest BCUT2D eigenvalue weighted by Crippen LogP contribution is 2.34. The van der Waals surface area contributed by atoms with E-state index in [4.69, 9.17) is 0 Å². The lowest BCUT2D eigenvalue weighted by molar-refractivity contribution is -0.118. The van der Waals surface area contributed by atoms with Gasteiger partial charge in [-0.05, 0) is 25.5 Å². The Hall–Kier alpha value is -1.75. The van der Waals surface area contributed by atoms with Gasteiger partial charge >= 0.3 is 0 Å². The first-order chi connectivity index (χ1) is 9.51. The van der Waals surface area contributed by atoms with Gasteiger partial charge in [-0.2, -0.15) is 0 Å². The van der Waals surface area contributed by atoms with Crippen LogP contribution in [0.25, 0.3) is 0 Å². The highest BCUT2D eigenvalue weighted by atomic mass is 32.2. The van der Waals surface area contributed by atoms with Gasteiger partial charge in [0.05, 0.1) is 21.4 Å². The number of anilines is 1. The molecule has 0 aromatic heterocycles. The number of carbonyl (C=O) groups is 2. The summed E-state index contributed by atoms with van der Waals surface area (Å²) >= 11 is 0. The predicted octanol–water partition coefficient (Wildman–Crippen LogP) is 2.31. The summed E-state index contributed by atoms with van der Waals surface area (Å²) in [4.78, 5) is 26.1. The summed E-state index contributed by atoms with van der Waals surface area (Å²) in [5.41, 5.74) is 1.07. The van der Waals surface area contributed by atoms with E-state index in [2.05, 4.69) is 6.58 Å². The number of ketones is 1. The second kappa shape index (κ2) is 5.71. The molecule has 106 valence electrons. The Morgan fingerprint density at radius 3 is 2.75 bits per heavy atom. The fraction of sp³-hybridized carbons (Fsp3) is 0.333. The molecule has 0 bridgehead atoms. The molecule has 1 aromatic carbocycles. The van der Waals surface area contributed by atoms with Crippen LogP contribution in [0, 0.1) is 0 Å². The number of hydrogen-bond donors (Lipinski definition) is 0. The van der Waals surface area contributed by atoms with Crippen LogP contribution >= 0.6 is 0 Å². The second-order valence-electron chi connectivity index (χ2n) is 4.67. The summed E-state index contributed by atoms with van der Waals surface area (Å²) in [5.74, 6) is -0.249. The number of Topliss-reactive ketones (excluding diaryl/α,β-unsaturated/α-hetero) is 1. The minimum absolute atomic E-state index is 0.0813. The minimum Gasteiger partial charge on any atom is -0.306 e. The Kier molecular flexibility index (Phi) is 4.18. The van der Waals surface area contributed by atoms with Crippen LogP contribution in [0.2, 0.25) is 0 Å². The topological polar surface area (TPSA) is 54.5 Å². The van der Waals surface area contributed by atoms with Crippen molar-refractivity contribution in [2.24, 2.45) is 0 Å². The van der Waals surface area contributed by atoms with E-state index in [1.165, 1.54) is 6.92 Å². The average Bonchev–Trinajstić information content (AvgIpc) is 2.43. The Balaban J connectivity index is 2.61. The minimum atomic E-state index is -1.37. The van der Waals surface area contributed by atoms with Gasteiger partial charge in [-0.25, -0.2) is 0 Å². The summed E-state index contributed by atoms with van der Waals surface area (Å²) in [6, 6.07) is 4.99.